The Balaban J connectivity index is 1.70. The summed E-state index contributed by atoms with van der Waals surface area (Å²) in [5.74, 6) is -3.61. The lowest BCUT2D eigenvalue weighted by Gasteiger charge is -2.37. The first-order valence-corrected chi connectivity index (χ1v) is 14.5. The van der Waals surface area contributed by atoms with Gasteiger partial charge in [0, 0.05) is 22.1 Å². The van der Waals surface area contributed by atoms with Crippen LogP contribution in [0, 0.1) is 11.2 Å². The molecule has 4 atom stereocenters. The molecular weight excluding hydrogens is 629 g/mol. The van der Waals surface area contributed by atoms with Crippen molar-refractivity contribution in [3.05, 3.63) is 86.6 Å². The quantitative estimate of drug-likeness (QED) is 0.246. The molecule has 0 aromatic heterocycles. The van der Waals surface area contributed by atoms with Crippen LogP contribution in [0.3, 0.4) is 0 Å². The topological polar surface area (TPSA) is 117 Å². The van der Waals surface area contributed by atoms with Crippen LogP contribution in [-0.4, -0.2) is 42.1 Å². The average Bonchev–Trinajstić information content (AvgIpc) is 3.39. The predicted octanol–water partition coefficient (Wildman–Crippen LogP) is 6.34. The van der Waals surface area contributed by atoms with Gasteiger partial charge >= 0.3 is 5.97 Å². The van der Waals surface area contributed by atoms with Gasteiger partial charge in [-0.2, -0.15) is 0 Å². The number of hydrogen-bond acceptors (Lipinski definition) is 5. The van der Waals surface area contributed by atoms with Gasteiger partial charge in [0.05, 0.1) is 29.4 Å². The number of methoxy groups -OCH3 is 1. The monoisotopic (exact) mass is 657 g/mol. The first-order chi connectivity index (χ1) is 19.8. The minimum absolute atomic E-state index is 0.0164. The van der Waals surface area contributed by atoms with Gasteiger partial charge in [0.15, 0.2) is 0 Å². The van der Waals surface area contributed by atoms with Gasteiger partial charge in [0.1, 0.15) is 17.0 Å². The van der Waals surface area contributed by atoms with Crippen LogP contribution in [0.25, 0.3) is 0 Å². The molecule has 1 spiro atoms. The van der Waals surface area contributed by atoms with Crippen molar-refractivity contribution in [2.24, 2.45) is 5.41 Å². The lowest BCUT2D eigenvalue weighted by molar-refractivity contribution is -0.122. The lowest BCUT2D eigenvalue weighted by atomic mass is 9.62. The second-order valence-electron chi connectivity index (χ2n) is 11.8. The largest absolute Gasteiger partial charge is 0.495 e. The zero-order valence-electron chi connectivity index (χ0n) is 23.3. The smallest absolute Gasteiger partial charge is 0.335 e. The minimum Gasteiger partial charge on any atom is -0.495 e. The van der Waals surface area contributed by atoms with E-state index in [1.54, 1.807) is 18.2 Å². The van der Waals surface area contributed by atoms with E-state index in [-0.39, 0.29) is 38.9 Å². The third kappa shape index (κ3) is 5.05. The second kappa shape index (κ2) is 11.0. The van der Waals surface area contributed by atoms with Gasteiger partial charge in [-0.25, -0.2) is 9.18 Å². The molecule has 4 N–H and O–H groups in total. The maximum Gasteiger partial charge on any atom is 0.335 e. The Hall–Kier alpha value is -3.47. The molecule has 8 nitrogen and oxygen atoms in total. The fourth-order valence-electron chi connectivity index (χ4n) is 6.29. The standard InChI is InChI=1S/C31H30BrClFN3O5/c1-30(2,3)14-23-31(18-10-9-16(32)13-21(18)36-29(31)41)24(17-6-5-7-19(33)25(17)34)26(37-23)27(38)35-20-11-8-15(28(39)40)12-22(20)42-4/h5-13,23-24,26,37H,14H2,1-4H3,(H,35,38)(H,36,41)(H,39,40)/t23-,24-,26+,31?/m0/s1. The highest BCUT2D eigenvalue weighted by atomic mass is 79.9. The summed E-state index contributed by atoms with van der Waals surface area (Å²) in [6.07, 6.45) is 0.481. The highest BCUT2D eigenvalue weighted by Gasteiger charge is 2.66. The van der Waals surface area contributed by atoms with E-state index in [4.69, 9.17) is 16.3 Å². The Labute approximate surface area is 256 Å². The Morgan fingerprint density at radius 3 is 2.57 bits per heavy atom. The van der Waals surface area contributed by atoms with E-state index in [1.165, 1.54) is 31.4 Å². The zero-order valence-corrected chi connectivity index (χ0v) is 25.7. The molecule has 0 saturated carbocycles. The fraction of sp³-hybridized carbons (Fsp3) is 0.323. The van der Waals surface area contributed by atoms with E-state index < -0.39 is 41.1 Å². The Morgan fingerprint density at radius 2 is 1.90 bits per heavy atom. The van der Waals surface area contributed by atoms with Crippen LogP contribution in [0.4, 0.5) is 15.8 Å². The van der Waals surface area contributed by atoms with Gasteiger partial charge < -0.3 is 25.8 Å². The van der Waals surface area contributed by atoms with Crippen molar-refractivity contribution in [2.75, 3.05) is 17.7 Å². The maximum absolute atomic E-state index is 15.9. The highest BCUT2D eigenvalue weighted by Crippen LogP contribution is 2.57. The summed E-state index contributed by atoms with van der Waals surface area (Å²) in [6.45, 7) is 6.11. The molecule has 42 heavy (non-hydrogen) atoms. The predicted molar refractivity (Wildman–Crippen MR) is 162 cm³/mol. The number of rotatable bonds is 6. The number of carboxylic acids is 1. The molecule has 2 aliphatic rings. The molecule has 1 unspecified atom stereocenters. The van der Waals surface area contributed by atoms with Crippen molar-refractivity contribution in [3.8, 4) is 5.75 Å². The van der Waals surface area contributed by atoms with Crippen LogP contribution < -0.4 is 20.7 Å². The van der Waals surface area contributed by atoms with Crippen LogP contribution in [0.1, 0.15) is 54.6 Å². The molecule has 3 aromatic rings. The van der Waals surface area contributed by atoms with Crippen LogP contribution in [0.5, 0.6) is 5.75 Å². The molecule has 0 bridgehead atoms. The van der Waals surface area contributed by atoms with Gasteiger partial charge in [-0.05, 0) is 59.4 Å². The summed E-state index contributed by atoms with van der Waals surface area (Å²) in [4.78, 5) is 39.9. The van der Waals surface area contributed by atoms with Gasteiger partial charge in [-0.3, -0.25) is 9.59 Å². The molecule has 220 valence electrons. The van der Waals surface area contributed by atoms with Crippen LogP contribution in [-0.2, 0) is 15.0 Å². The maximum atomic E-state index is 15.9. The van der Waals surface area contributed by atoms with Gasteiger partial charge in [-0.1, -0.05) is 66.5 Å². The summed E-state index contributed by atoms with van der Waals surface area (Å²) in [6, 6.07) is 12.4. The van der Waals surface area contributed by atoms with E-state index in [0.29, 0.717) is 17.7 Å². The van der Waals surface area contributed by atoms with Crippen molar-refractivity contribution >= 4 is 56.7 Å². The van der Waals surface area contributed by atoms with Crippen molar-refractivity contribution in [2.45, 2.75) is 50.6 Å². The molecule has 2 amide bonds. The van der Waals surface area contributed by atoms with Crippen LogP contribution >= 0.6 is 27.5 Å². The number of benzene rings is 3. The zero-order chi connectivity index (χ0) is 30.6. The van der Waals surface area contributed by atoms with E-state index in [0.717, 1.165) is 4.47 Å². The van der Waals surface area contributed by atoms with Crippen molar-refractivity contribution < 1.29 is 28.6 Å². The third-order valence-electron chi connectivity index (χ3n) is 7.93. The highest BCUT2D eigenvalue weighted by molar-refractivity contribution is 9.10. The molecule has 0 radical (unpaired) electrons. The number of ether oxygens (including phenoxy) is 1. The molecule has 5 rings (SSSR count). The van der Waals surface area contributed by atoms with Crippen LogP contribution in [0.15, 0.2) is 59.1 Å². The molecule has 2 aliphatic heterocycles. The van der Waals surface area contributed by atoms with E-state index in [9.17, 15) is 19.5 Å². The number of carbonyl (C=O) groups excluding carboxylic acids is 2. The molecule has 1 fully saturated rings. The number of anilines is 2. The fourth-order valence-corrected chi connectivity index (χ4v) is 6.83. The molecule has 2 heterocycles. The first-order valence-electron chi connectivity index (χ1n) is 13.3. The second-order valence-corrected chi connectivity index (χ2v) is 13.1. The number of nitrogens with one attached hydrogen (secondary N) is 3. The normalized spacial score (nSPS) is 23.0. The van der Waals surface area contributed by atoms with Gasteiger partial charge in [-0.15, -0.1) is 0 Å². The number of fused-ring (bicyclic) bond motifs is 2. The van der Waals surface area contributed by atoms with Crippen molar-refractivity contribution in [1.29, 1.82) is 0 Å². The summed E-state index contributed by atoms with van der Waals surface area (Å²) in [5.41, 5.74) is -0.0679. The van der Waals surface area contributed by atoms with Crippen LogP contribution in [0.2, 0.25) is 5.02 Å². The van der Waals surface area contributed by atoms with E-state index in [1.807, 2.05) is 32.9 Å². The van der Waals surface area contributed by atoms with Gasteiger partial charge in [0.2, 0.25) is 11.8 Å². The molecular formula is C31H30BrClFN3O5. The number of hydrogen-bond donors (Lipinski definition) is 4. The molecule has 3 aromatic carbocycles. The summed E-state index contributed by atoms with van der Waals surface area (Å²) < 4.78 is 22.0. The van der Waals surface area contributed by atoms with Gasteiger partial charge in [0.25, 0.3) is 0 Å². The van der Waals surface area contributed by atoms with E-state index in [2.05, 4.69) is 31.9 Å². The first kappa shape index (κ1) is 30.0. The Kier molecular flexibility index (Phi) is 7.85. The average molecular weight is 659 g/mol. The van der Waals surface area contributed by atoms with E-state index >= 15 is 4.39 Å². The lowest BCUT2D eigenvalue weighted by Crippen LogP contribution is -2.49. The SMILES string of the molecule is COc1cc(C(=O)O)ccc1NC(=O)[C@@H]1N[C@@H](CC(C)(C)C)C2(C(=O)Nc3cc(Br)ccc32)[C@H]1c1cccc(Cl)c1F. The number of carbonyl (C=O) groups is 3. The Morgan fingerprint density at radius 1 is 1.17 bits per heavy atom. The number of halogens is 3. The molecule has 11 heteroatoms. The molecule has 1 saturated heterocycles. The Bertz CT molecular complexity index is 1610. The third-order valence-corrected chi connectivity index (χ3v) is 8.71. The summed E-state index contributed by atoms with van der Waals surface area (Å²) in [7, 11) is 1.36. The number of aromatic carboxylic acids is 1. The number of amides is 2. The summed E-state index contributed by atoms with van der Waals surface area (Å²) >= 11 is 9.73. The minimum atomic E-state index is -1.37. The number of carboxylic acid groups (broad SMARTS) is 1. The summed E-state index contributed by atoms with van der Waals surface area (Å²) in [5, 5.41) is 18.5. The van der Waals surface area contributed by atoms with Crippen molar-refractivity contribution in [1.82, 2.24) is 5.32 Å². The molecule has 0 aliphatic carbocycles. The van der Waals surface area contributed by atoms with Crippen molar-refractivity contribution in [3.63, 3.8) is 0 Å².